The van der Waals surface area contributed by atoms with E-state index in [1.54, 1.807) is 12.4 Å². The fraction of sp³-hybridized carbons (Fsp3) is 0.294. The van der Waals surface area contributed by atoms with Crippen LogP contribution < -0.4 is 10.2 Å². The van der Waals surface area contributed by atoms with E-state index < -0.39 is 0 Å². The largest absolute Gasteiger partial charge is 0.372 e. The van der Waals surface area contributed by atoms with Gasteiger partial charge in [-0.25, -0.2) is 0 Å². The second kappa shape index (κ2) is 6.39. The van der Waals surface area contributed by atoms with Crippen LogP contribution in [0.2, 0.25) is 0 Å². The first-order valence-corrected chi connectivity index (χ1v) is 7.35. The van der Waals surface area contributed by atoms with Gasteiger partial charge in [0.15, 0.2) is 0 Å². The van der Waals surface area contributed by atoms with Gasteiger partial charge in [-0.2, -0.15) is 0 Å². The summed E-state index contributed by atoms with van der Waals surface area (Å²) in [5.41, 5.74) is 2.99. The summed E-state index contributed by atoms with van der Waals surface area (Å²) in [6.45, 7) is 2.26. The van der Waals surface area contributed by atoms with Crippen LogP contribution in [0.5, 0.6) is 0 Å². The number of pyridine rings is 1. The highest BCUT2D eigenvalue weighted by molar-refractivity contribution is 5.92. The monoisotopic (exact) mass is 281 g/mol. The third-order valence-electron chi connectivity index (χ3n) is 3.71. The minimum Gasteiger partial charge on any atom is -0.372 e. The van der Waals surface area contributed by atoms with Crippen molar-refractivity contribution in [3.63, 3.8) is 0 Å². The van der Waals surface area contributed by atoms with Crippen LogP contribution in [0.15, 0.2) is 48.8 Å². The van der Waals surface area contributed by atoms with E-state index in [9.17, 15) is 4.79 Å². The number of hydrogen-bond acceptors (Lipinski definition) is 3. The molecule has 1 fully saturated rings. The van der Waals surface area contributed by atoms with Crippen molar-refractivity contribution in [3.05, 3.63) is 54.4 Å². The third-order valence-corrected chi connectivity index (χ3v) is 3.71. The number of anilines is 2. The Morgan fingerprint density at radius 1 is 1.14 bits per heavy atom. The first-order valence-electron chi connectivity index (χ1n) is 7.35. The number of nitrogens with zero attached hydrogens (tertiary/aromatic N) is 2. The zero-order valence-corrected chi connectivity index (χ0v) is 12.0. The van der Waals surface area contributed by atoms with Gasteiger partial charge in [0.05, 0.1) is 6.42 Å². The Kier molecular flexibility index (Phi) is 4.15. The lowest BCUT2D eigenvalue weighted by Crippen LogP contribution is -2.18. The third kappa shape index (κ3) is 3.60. The summed E-state index contributed by atoms with van der Waals surface area (Å²) in [5.74, 6) is -0.0167. The zero-order valence-electron chi connectivity index (χ0n) is 12.0. The number of nitrogens with one attached hydrogen (secondary N) is 1. The Morgan fingerprint density at radius 3 is 2.57 bits per heavy atom. The van der Waals surface area contributed by atoms with Gasteiger partial charge in [-0.15, -0.1) is 0 Å². The maximum atomic E-state index is 12.0. The highest BCUT2D eigenvalue weighted by atomic mass is 16.1. The number of rotatable bonds is 4. The second-order valence-electron chi connectivity index (χ2n) is 5.33. The average Bonchev–Trinajstić information content (AvgIpc) is 3.03. The SMILES string of the molecule is O=C(Cc1cccnc1)Nc1ccc(N2CCCC2)cc1. The molecule has 2 aromatic rings. The van der Waals surface area contributed by atoms with E-state index in [-0.39, 0.29) is 5.91 Å². The molecule has 3 rings (SSSR count). The summed E-state index contributed by atoms with van der Waals surface area (Å²) in [7, 11) is 0. The fourth-order valence-electron chi connectivity index (χ4n) is 2.62. The van der Waals surface area contributed by atoms with Crippen molar-refractivity contribution in [3.8, 4) is 0 Å². The van der Waals surface area contributed by atoms with E-state index in [4.69, 9.17) is 0 Å². The molecule has 1 saturated heterocycles. The van der Waals surface area contributed by atoms with Crippen LogP contribution in [0, 0.1) is 0 Å². The highest BCUT2D eigenvalue weighted by Crippen LogP contribution is 2.22. The van der Waals surface area contributed by atoms with Crippen LogP contribution in [-0.2, 0) is 11.2 Å². The van der Waals surface area contributed by atoms with Crippen LogP contribution >= 0.6 is 0 Å². The molecule has 0 spiro atoms. The lowest BCUT2D eigenvalue weighted by atomic mass is 10.2. The fourth-order valence-corrected chi connectivity index (χ4v) is 2.62. The molecule has 21 heavy (non-hydrogen) atoms. The quantitative estimate of drug-likeness (QED) is 0.937. The number of carbonyl (C=O) groups excluding carboxylic acids is 1. The molecular weight excluding hydrogens is 262 g/mol. The molecule has 1 amide bonds. The summed E-state index contributed by atoms with van der Waals surface area (Å²) >= 11 is 0. The second-order valence-corrected chi connectivity index (χ2v) is 5.33. The summed E-state index contributed by atoms with van der Waals surface area (Å²) < 4.78 is 0. The molecule has 0 unspecified atom stereocenters. The van der Waals surface area contributed by atoms with Gasteiger partial charge in [-0.3, -0.25) is 9.78 Å². The summed E-state index contributed by atoms with van der Waals surface area (Å²) in [6.07, 6.45) is 6.31. The van der Waals surface area contributed by atoms with E-state index in [2.05, 4.69) is 27.3 Å². The van der Waals surface area contributed by atoms with Crippen molar-refractivity contribution in [2.75, 3.05) is 23.3 Å². The van der Waals surface area contributed by atoms with Gasteiger partial charge in [-0.05, 0) is 48.7 Å². The van der Waals surface area contributed by atoms with E-state index in [1.807, 2.05) is 24.3 Å². The summed E-state index contributed by atoms with van der Waals surface area (Å²) in [6, 6.07) is 11.8. The molecule has 0 radical (unpaired) electrons. The van der Waals surface area contributed by atoms with Gasteiger partial charge in [0.1, 0.15) is 0 Å². The minimum absolute atomic E-state index is 0.0167. The summed E-state index contributed by atoms with van der Waals surface area (Å²) in [5, 5.41) is 2.92. The number of benzene rings is 1. The van der Waals surface area contributed by atoms with E-state index in [1.165, 1.54) is 18.5 Å². The molecule has 1 N–H and O–H groups in total. The molecule has 2 heterocycles. The Bertz CT molecular complexity index is 589. The van der Waals surface area contributed by atoms with Crippen molar-refractivity contribution < 1.29 is 4.79 Å². The minimum atomic E-state index is -0.0167. The predicted octanol–water partition coefficient (Wildman–Crippen LogP) is 2.86. The van der Waals surface area contributed by atoms with Crippen LogP contribution in [0.4, 0.5) is 11.4 Å². The van der Waals surface area contributed by atoms with Gasteiger partial charge in [0.2, 0.25) is 5.91 Å². The lowest BCUT2D eigenvalue weighted by molar-refractivity contribution is -0.115. The Labute approximate surface area is 124 Å². The smallest absolute Gasteiger partial charge is 0.228 e. The molecular formula is C17H19N3O. The van der Waals surface area contributed by atoms with Gasteiger partial charge < -0.3 is 10.2 Å². The van der Waals surface area contributed by atoms with Crippen LogP contribution in [0.1, 0.15) is 18.4 Å². The average molecular weight is 281 g/mol. The van der Waals surface area contributed by atoms with Gasteiger partial charge in [0, 0.05) is 36.9 Å². The Hall–Kier alpha value is -2.36. The molecule has 1 aromatic heterocycles. The molecule has 1 aliphatic rings. The van der Waals surface area contributed by atoms with Crippen LogP contribution in [0.3, 0.4) is 0 Å². The first kappa shape index (κ1) is 13.6. The molecule has 0 aliphatic carbocycles. The number of hydrogen-bond donors (Lipinski definition) is 1. The van der Waals surface area contributed by atoms with Gasteiger partial charge in [-0.1, -0.05) is 6.07 Å². The Balaban J connectivity index is 1.58. The molecule has 1 aliphatic heterocycles. The van der Waals surface area contributed by atoms with E-state index >= 15 is 0 Å². The molecule has 0 atom stereocenters. The van der Waals surface area contributed by atoms with Crippen molar-refractivity contribution in [1.29, 1.82) is 0 Å². The molecule has 0 bridgehead atoms. The zero-order chi connectivity index (χ0) is 14.5. The topological polar surface area (TPSA) is 45.2 Å². The number of aromatic nitrogens is 1. The highest BCUT2D eigenvalue weighted by Gasteiger charge is 2.12. The maximum absolute atomic E-state index is 12.0. The predicted molar refractivity (Wildman–Crippen MR) is 84.5 cm³/mol. The molecule has 1 aromatic carbocycles. The van der Waals surface area contributed by atoms with Gasteiger partial charge >= 0.3 is 0 Å². The van der Waals surface area contributed by atoms with Crippen LogP contribution in [0.25, 0.3) is 0 Å². The summed E-state index contributed by atoms with van der Waals surface area (Å²) in [4.78, 5) is 18.4. The van der Waals surface area contributed by atoms with E-state index in [0.29, 0.717) is 6.42 Å². The molecule has 4 nitrogen and oxygen atoms in total. The standard InChI is InChI=1S/C17H19N3O/c21-17(12-14-4-3-9-18-13-14)19-15-5-7-16(8-6-15)20-10-1-2-11-20/h3-9,13H,1-2,10-12H2,(H,19,21). The Morgan fingerprint density at radius 2 is 1.90 bits per heavy atom. The molecule has 4 heteroatoms. The normalized spacial score (nSPS) is 14.2. The number of amides is 1. The van der Waals surface area contributed by atoms with Crippen molar-refractivity contribution in [2.45, 2.75) is 19.3 Å². The lowest BCUT2D eigenvalue weighted by Gasteiger charge is -2.17. The van der Waals surface area contributed by atoms with E-state index in [0.717, 1.165) is 24.3 Å². The van der Waals surface area contributed by atoms with Crippen molar-refractivity contribution >= 4 is 17.3 Å². The number of carbonyl (C=O) groups is 1. The first-order chi connectivity index (χ1) is 10.3. The van der Waals surface area contributed by atoms with Crippen LogP contribution in [-0.4, -0.2) is 24.0 Å². The van der Waals surface area contributed by atoms with Gasteiger partial charge in [0.25, 0.3) is 0 Å². The maximum Gasteiger partial charge on any atom is 0.228 e. The van der Waals surface area contributed by atoms with Crippen molar-refractivity contribution in [1.82, 2.24) is 4.98 Å². The molecule has 0 saturated carbocycles. The molecule has 108 valence electrons. The van der Waals surface area contributed by atoms with Crippen molar-refractivity contribution in [2.24, 2.45) is 0 Å².